The minimum absolute atomic E-state index is 0.0787. The number of thioether (sulfide) groups is 1. The minimum atomic E-state index is -4.56. The van der Waals surface area contributed by atoms with E-state index in [0.29, 0.717) is 11.8 Å². The molecule has 4 atom stereocenters. The van der Waals surface area contributed by atoms with E-state index in [9.17, 15) is 18.0 Å². The van der Waals surface area contributed by atoms with Gasteiger partial charge in [-0.25, -0.2) is 0 Å². The Morgan fingerprint density at radius 3 is 2.58 bits per heavy atom. The topological polar surface area (TPSA) is 59.8 Å². The van der Waals surface area contributed by atoms with Crippen molar-refractivity contribution in [1.82, 2.24) is 20.1 Å². The number of hydrogen-bond donors (Lipinski definition) is 1. The molecule has 0 saturated heterocycles. The van der Waals surface area contributed by atoms with Gasteiger partial charge in [-0.05, 0) is 25.2 Å². The molecule has 9 heteroatoms. The quantitative estimate of drug-likeness (QED) is 0.833. The zero-order valence-electron chi connectivity index (χ0n) is 14.2. The molecule has 2 rings (SSSR count). The van der Waals surface area contributed by atoms with Crippen molar-refractivity contribution in [3.63, 3.8) is 0 Å². The third-order valence-corrected chi connectivity index (χ3v) is 5.91. The number of aromatic nitrogens is 3. The van der Waals surface area contributed by atoms with Crippen LogP contribution in [0.5, 0.6) is 0 Å². The molecule has 1 fully saturated rings. The van der Waals surface area contributed by atoms with Crippen molar-refractivity contribution in [2.24, 2.45) is 18.9 Å². The molecule has 0 bridgehead atoms. The van der Waals surface area contributed by atoms with E-state index in [2.05, 4.69) is 29.4 Å². The van der Waals surface area contributed by atoms with Gasteiger partial charge in [0.1, 0.15) is 0 Å². The van der Waals surface area contributed by atoms with Gasteiger partial charge in [-0.1, -0.05) is 38.5 Å². The van der Waals surface area contributed by atoms with E-state index in [1.54, 1.807) is 6.92 Å². The highest BCUT2D eigenvalue weighted by atomic mass is 32.2. The van der Waals surface area contributed by atoms with Crippen molar-refractivity contribution in [1.29, 1.82) is 0 Å². The molecule has 5 nitrogen and oxygen atoms in total. The SMILES string of the molecule is C[C@H]1[C@@H](NC(=O)[C@@H](C)Sc2nnc(C(F)(F)F)n2C)CCC[C@@H]1C. The molecule has 1 N–H and O–H groups in total. The normalized spacial score (nSPS) is 26.2. The second kappa shape index (κ2) is 7.33. The first-order valence-electron chi connectivity index (χ1n) is 8.05. The van der Waals surface area contributed by atoms with E-state index in [0.717, 1.165) is 35.6 Å². The summed E-state index contributed by atoms with van der Waals surface area (Å²) in [4.78, 5) is 12.4. The Morgan fingerprint density at radius 2 is 2.00 bits per heavy atom. The average molecular weight is 364 g/mol. The second-order valence-corrected chi connectivity index (χ2v) is 7.81. The first-order chi connectivity index (χ1) is 11.1. The average Bonchev–Trinajstić information content (AvgIpc) is 2.85. The largest absolute Gasteiger partial charge is 0.451 e. The third kappa shape index (κ3) is 4.23. The highest BCUT2D eigenvalue weighted by Crippen LogP contribution is 2.32. The highest BCUT2D eigenvalue weighted by Gasteiger charge is 2.38. The summed E-state index contributed by atoms with van der Waals surface area (Å²) in [6.07, 6.45) is -1.37. The Labute approximate surface area is 143 Å². The van der Waals surface area contributed by atoms with Crippen LogP contribution in [0.25, 0.3) is 0 Å². The molecule has 0 aliphatic heterocycles. The maximum absolute atomic E-state index is 12.7. The predicted octanol–water partition coefficient (Wildman–Crippen LogP) is 3.26. The number of nitrogens with zero attached hydrogens (tertiary/aromatic N) is 3. The van der Waals surface area contributed by atoms with Gasteiger partial charge in [-0.2, -0.15) is 13.2 Å². The smallest absolute Gasteiger partial charge is 0.352 e. The van der Waals surface area contributed by atoms with Crippen LogP contribution in [0.3, 0.4) is 0 Å². The van der Waals surface area contributed by atoms with Crippen molar-refractivity contribution >= 4 is 17.7 Å². The number of carbonyl (C=O) groups is 1. The number of hydrogen-bond acceptors (Lipinski definition) is 4. The van der Waals surface area contributed by atoms with E-state index in [-0.39, 0.29) is 17.1 Å². The van der Waals surface area contributed by atoms with E-state index in [4.69, 9.17) is 0 Å². The van der Waals surface area contributed by atoms with Crippen molar-refractivity contribution in [2.75, 3.05) is 0 Å². The molecule has 1 aromatic heterocycles. The lowest BCUT2D eigenvalue weighted by Gasteiger charge is -2.35. The Bertz CT molecular complexity index is 590. The summed E-state index contributed by atoms with van der Waals surface area (Å²) in [6.45, 7) is 5.98. The fourth-order valence-electron chi connectivity index (χ4n) is 2.96. The summed E-state index contributed by atoms with van der Waals surface area (Å²) in [5.41, 5.74) is 0. The predicted molar refractivity (Wildman–Crippen MR) is 85.4 cm³/mol. The van der Waals surface area contributed by atoms with Crippen molar-refractivity contribution < 1.29 is 18.0 Å². The lowest BCUT2D eigenvalue weighted by Crippen LogP contribution is -2.46. The van der Waals surface area contributed by atoms with E-state index >= 15 is 0 Å². The number of carbonyl (C=O) groups excluding carboxylic acids is 1. The Morgan fingerprint density at radius 1 is 1.33 bits per heavy atom. The second-order valence-electron chi connectivity index (χ2n) is 6.51. The van der Waals surface area contributed by atoms with E-state index < -0.39 is 17.3 Å². The molecule has 1 aromatic rings. The van der Waals surface area contributed by atoms with Crippen LogP contribution < -0.4 is 5.32 Å². The molecule has 0 spiro atoms. The van der Waals surface area contributed by atoms with Gasteiger partial charge in [0.2, 0.25) is 11.7 Å². The molecular weight excluding hydrogens is 341 g/mol. The summed E-state index contributed by atoms with van der Waals surface area (Å²) in [5.74, 6) is -0.290. The molecule has 1 aliphatic carbocycles. The standard InChI is InChI=1S/C15H23F3N4OS/c1-8-6-5-7-11(9(8)2)19-12(23)10(3)24-14-21-20-13(22(14)4)15(16,17)18/h8-11H,5-7H2,1-4H3,(H,19,23)/t8-,9+,10+,11-/m0/s1. The fraction of sp³-hybridized carbons (Fsp3) is 0.800. The first-order valence-corrected chi connectivity index (χ1v) is 8.92. The Balaban J connectivity index is 1.98. The van der Waals surface area contributed by atoms with Gasteiger partial charge in [0, 0.05) is 13.1 Å². The van der Waals surface area contributed by atoms with Crippen LogP contribution in [0.4, 0.5) is 13.2 Å². The van der Waals surface area contributed by atoms with Gasteiger partial charge in [0.15, 0.2) is 5.16 Å². The third-order valence-electron chi connectivity index (χ3n) is 4.77. The van der Waals surface area contributed by atoms with Gasteiger partial charge >= 0.3 is 6.18 Å². The van der Waals surface area contributed by atoms with Gasteiger partial charge in [0.05, 0.1) is 5.25 Å². The molecule has 1 saturated carbocycles. The maximum atomic E-state index is 12.7. The molecule has 24 heavy (non-hydrogen) atoms. The van der Waals surface area contributed by atoms with Gasteiger partial charge in [-0.15, -0.1) is 10.2 Å². The number of alkyl halides is 3. The molecule has 0 unspecified atom stereocenters. The number of rotatable bonds is 4. The van der Waals surface area contributed by atoms with Crippen LogP contribution >= 0.6 is 11.8 Å². The van der Waals surface area contributed by atoms with Crippen LogP contribution in [-0.2, 0) is 18.0 Å². The summed E-state index contributed by atoms with van der Waals surface area (Å²) >= 11 is 0.983. The molecule has 1 amide bonds. The molecule has 136 valence electrons. The Hall–Kier alpha value is -1.25. The zero-order chi connectivity index (χ0) is 18.1. The van der Waals surface area contributed by atoms with Crippen LogP contribution in [0.2, 0.25) is 0 Å². The highest BCUT2D eigenvalue weighted by molar-refractivity contribution is 8.00. The van der Waals surface area contributed by atoms with E-state index in [1.807, 2.05) is 0 Å². The lowest BCUT2D eigenvalue weighted by atomic mass is 9.78. The maximum Gasteiger partial charge on any atom is 0.451 e. The van der Waals surface area contributed by atoms with Crippen LogP contribution in [0.1, 0.15) is 45.9 Å². The minimum Gasteiger partial charge on any atom is -0.352 e. The number of halogens is 3. The first kappa shape index (κ1) is 19.1. The van der Waals surface area contributed by atoms with Crippen molar-refractivity contribution in [3.05, 3.63) is 5.82 Å². The molecule has 0 aromatic carbocycles. The van der Waals surface area contributed by atoms with Crippen molar-refractivity contribution in [3.8, 4) is 0 Å². The number of nitrogens with one attached hydrogen (secondary N) is 1. The van der Waals surface area contributed by atoms with Gasteiger partial charge in [-0.3, -0.25) is 4.79 Å². The van der Waals surface area contributed by atoms with Gasteiger partial charge < -0.3 is 9.88 Å². The Kier molecular flexibility index (Phi) is 5.83. The van der Waals surface area contributed by atoms with Gasteiger partial charge in [0.25, 0.3) is 0 Å². The fourth-order valence-corrected chi connectivity index (χ4v) is 3.79. The van der Waals surface area contributed by atoms with Crippen molar-refractivity contribution in [2.45, 2.75) is 62.7 Å². The summed E-state index contributed by atoms with van der Waals surface area (Å²) in [7, 11) is 1.25. The summed E-state index contributed by atoms with van der Waals surface area (Å²) < 4.78 is 39.1. The lowest BCUT2D eigenvalue weighted by molar-refractivity contribution is -0.147. The summed E-state index contributed by atoms with van der Waals surface area (Å²) in [5, 5.41) is 9.30. The zero-order valence-corrected chi connectivity index (χ0v) is 15.0. The van der Waals surface area contributed by atoms with Crippen LogP contribution in [-0.4, -0.2) is 32.0 Å². The number of amides is 1. The monoisotopic (exact) mass is 364 g/mol. The van der Waals surface area contributed by atoms with E-state index in [1.165, 1.54) is 7.05 Å². The van der Waals surface area contributed by atoms with Crippen LogP contribution in [0.15, 0.2) is 5.16 Å². The summed E-state index contributed by atoms with van der Waals surface area (Å²) in [6, 6.07) is 0.120. The molecule has 0 radical (unpaired) electrons. The van der Waals surface area contributed by atoms with Crippen LogP contribution in [0, 0.1) is 11.8 Å². The molecule has 1 heterocycles. The molecular formula is C15H23F3N4OS. The molecule has 1 aliphatic rings.